The second-order valence-corrected chi connectivity index (χ2v) is 4.07. The average molecular weight is 252 g/mol. The highest BCUT2D eigenvalue weighted by atomic mass is 35.5. The largest absolute Gasteiger partial charge is 0.424 e. The van der Waals surface area contributed by atoms with Crippen molar-refractivity contribution in [2.24, 2.45) is 0 Å². The monoisotopic (exact) mass is 251 g/mol. The van der Waals surface area contributed by atoms with E-state index < -0.39 is 5.97 Å². The molecule has 0 amide bonds. The first-order valence-corrected chi connectivity index (χ1v) is 5.37. The van der Waals surface area contributed by atoms with E-state index in [2.05, 4.69) is 0 Å². The highest BCUT2D eigenvalue weighted by Crippen LogP contribution is 2.30. The maximum Gasteiger partial charge on any atom is 0.308 e. The van der Waals surface area contributed by atoms with Crippen molar-refractivity contribution in [1.82, 2.24) is 4.57 Å². The average Bonchev–Trinajstić information content (AvgIpc) is 2.56. The molecule has 1 aromatic heterocycles. The lowest BCUT2D eigenvalue weighted by Gasteiger charge is -1.98. The third-order valence-corrected chi connectivity index (χ3v) is 2.56. The van der Waals surface area contributed by atoms with Crippen molar-refractivity contribution in [3.8, 4) is 5.75 Å². The fraction of sp³-hybridized carbons (Fsp3) is 0.167. The minimum absolute atomic E-state index is 0.157. The van der Waals surface area contributed by atoms with Crippen molar-refractivity contribution >= 4 is 34.4 Å². The number of hydrogen-bond donors (Lipinski definition) is 0. The number of ether oxygens (including phenoxy) is 1. The van der Waals surface area contributed by atoms with Gasteiger partial charge >= 0.3 is 5.97 Å². The molecular formula is C12H10ClNO3. The number of benzene rings is 1. The number of rotatable bonds is 1. The third-order valence-electron chi connectivity index (χ3n) is 2.32. The van der Waals surface area contributed by atoms with Gasteiger partial charge in [-0.3, -0.25) is 14.2 Å². The standard InChI is InChI=1S/C12H10ClNO3/c1-7(15)14-6-12(17-8(2)16)10-5-9(13)3-4-11(10)14/h3-6H,1-2H3. The summed E-state index contributed by atoms with van der Waals surface area (Å²) >= 11 is 5.88. The van der Waals surface area contributed by atoms with Crippen LogP contribution in [0.2, 0.25) is 5.02 Å². The molecule has 0 fully saturated rings. The first-order chi connectivity index (χ1) is 7.99. The number of aromatic nitrogens is 1. The maximum atomic E-state index is 11.4. The molecule has 4 nitrogen and oxygen atoms in total. The Morgan fingerprint density at radius 1 is 1.29 bits per heavy atom. The summed E-state index contributed by atoms with van der Waals surface area (Å²) in [6.07, 6.45) is 1.49. The van der Waals surface area contributed by atoms with Gasteiger partial charge in [0.2, 0.25) is 5.91 Å². The molecule has 2 aromatic rings. The summed E-state index contributed by atoms with van der Waals surface area (Å²) in [5, 5.41) is 1.16. The number of fused-ring (bicyclic) bond motifs is 1. The molecule has 0 radical (unpaired) electrons. The van der Waals surface area contributed by atoms with Crippen molar-refractivity contribution in [2.75, 3.05) is 0 Å². The zero-order valence-corrected chi connectivity index (χ0v) is 10.1. The van der Waals surface area contributed by atoms with E-state index in [9.17, 15) is 9.59 Å². The Morgan fingerprint density at radius 3 is 2.59 bits per heavy atom. The van der Waals surface area contributed by atoms with Crippen LogP contribution in [0.4, 0.5) is 0 Å². The first kappa shape index (κ1) is 11.7. The zero-order chi connectivity index (χ0) is 12.6. The van der Waals surface area contributed by atoms with Gasteiger partial charge in [0, 0.05) is 24.3 Å². The molecule has 2 rings (SSSR count). The molecule has 0 aliphatic carbocycles. The highest BCUT2D eigenvalue weighted by molar-refractivity contribution is 6.31. The van der Waals surface area contributed by atoms with Gasteiger partial charge in [-0.1, -0.05) is 11.6 Å². The van der Waals surface area contributed by atoms with E-state index in [1.54, 1.807) is 18.2 Å². The molecule has 5 heteroatoms. The summed E-state index contributed by atoms with van der Waals surface area (Å²) in [5.74, 6) is -0.256. The van der Waals surface area contributed by atoms with Crippen LogP contribution in [-0.2, 0) is 4.79 Å². The Hall–Kier alpha value is -1.81. The predicted molar refractivity (Wildman–Crippen MR) is 64.6 cm³/mol. The smallest absolute Gasteiger partial charge is 0.308 e. The van der Waals surface area contributed by atoms with Crippen molar-refractivity contribution in [3.63, 3.8) is 0 Å². The molecule has 0 bridgehead atoms. The lowest BCUT2D eigenvalue weighted by molar-refractivity contribution is -0.131. The predicted octanol–water partition coefficient (Wildman–Crippen LogP) is 2.88. The highest BCUT2D eigenvalue weighted by Gasteiger charge is 2.13. The summed E-state index contributed by atoms with van der Waals surface area (Å²) in [6.45, 7) is 2.74. The van der Waals surface area contributed by atoms with Gasteiger partial charge in [0.25, 0.3) is 0 Å². The molecule has 0 aliphatic heterocycles. The van der Waals surface area contributed by atoms with Gasteiger partial charge in [-0.15, -0.1) is 0 Å². The molecular weight excluding hydrogens is 242 g/mol. The van der Waals surface area contributed by atoms with Crippen LogP contribution in [0.3, 0.4) is 0 Å². The van der Waals surface area contributed by atoms with Crippen LogP contribution in [0, 0.1) is 0 Å². The van der Waals surface area contributed by atoms with E-state index in [1.807, 2.05) is 0 Å². The Kier molecular flexibility index (Phi) is 2.90. The third kappa shape index (κ3) is 2.17. The van der Waals surface area contributed by atoms with Crippen molar-refractivity contribution in [2.45, 2.75) is 13.8 Å². The lowest BCUT2D eigenvalue weighted by Crippen LogP contribution is -2.03. The van der Waals surface area contributed by atoms with Crippen LogP contribution in [0.5, 0.6) is 5.75 Å². The molecule has 0 N–H and O–H groups in total. The number of carbonyl (C=O) groups is 2. The molecule has 0 saturated carbocycles. The van der Waals surface area contributed by atoms with Gasteiger partial charge in [0.15, 0.2) is 5.75 Å². The molecule has 1 aromatic carbocycles. The zero-order valence-electron chi connectivity index (χ0n) is 9.36. The van der Waals surface area contributed by atoms with Gasteiger partial charge in [-0.25, -0.2) is 0 Å². The Labute approximate surface area is 103 Å². The van der Waals surface area contributed by atoms with E-state index in [0.29, 0.717) is 21.7 Å². The molecule has 0 aliphatic rings. The topological polar surface area (TPSA) is 48.3 Å². The van der Waals surface area contributed by atoms with Crippen molar-refractivity contribution in [1.29, 1.82) is 0 Å². The van der Waals surface area contributed by atoms with Gasteiger partial charge in [0.05, 0.1) is 11.7 Å². The van der Waals surface area contributed by atoms with E-state index in [1.165, 1.54) is 24.6 Å². The number of nitrogens with zero attached hydrogens (tertiary/aromatic N) is 1. The minimum atomic E-state index is -0.437. The normalized spacial score (nSPS) is 10.5. The minimum Gasteiger partial charge on any atom is -0.424 e. The summed E-state index contributed by atoms with van der Waals surface area (Å²) in [5.41, 5.74) is 0.665. The van der Waals surface area contributed by atoms with Crippen LogP contribution in [0.1, 0.15) is 18.6 Å². The first-order valence-electron chi connectivity index (χ1n) is 4.99. The van der Waals surface area contributed by atoms with Crippen LogP contribution in [0.15, 0.2) is 24.4 Å². The second kappa shape index (κ2) is 4.22. The molecule has 1 heterocycles. The van der Waals surface area contributed by atoms with Gasteiger partial charge < -0.3 is 4.74 Å². The number of carbonyl (C=O) groups excluding carboxylic acids is 2. The van der Waals surface area contributed by atoms with Crippen LogP contribution in [0.25, 0.3) is 10.9 Å². The summed E-state index contributed by atoms with van der Waals surface area (Å²) in [7, 11) is 0. The van der Waals surface area contributed by atoms with Crippen molar-refractivity contribution in [3.05, 3.63) is 29.4 Å². The fourth-order valence-corrected chi connectivity index (χ4v) is 1.84. The lowest BCUT2D eigenvalue weighted by atomic mass is 10.2. The molecule has 88 valence electrons. The number of esters is 1. The van der Waals surface area contributed by atoms with E-state index in [4.69, 9.17) is 16.3 Å². The van der Waals surface area contributed by atoms with Crippen LogP contribution < -0.4 is 4.74 Å². The molecule has 0 saturated heterocycles. The quantitative estimate of drug-likeness (QED) is 0.732. The van der Waals surface area contributed by atoms with Crippen LogP contribution >= 0.6 is 11.6 Å². The molecule has 0 spiro atoms. The number of halogens is 1. The summed E-state index contributed by atoms with van der Waals surface area (Å²) in [4.78, 5) is 22.4. The molecule has 17 heavy (non-hydrogen) atoms. The van der Waals surface area contributed by atoms with Crippen LogP contribution in [-0.4, -0.2) is 16.4 Å². The Morgan fingerprint density at radius 2 is 2.00 bits per heavy atom. The second-order valence-electron chi connectivity index (χ2n) is 3.64. The van der Waals surface area contributed by atoms with E-state index in [-0.39, 0.29) is 5.91 Å². The van der Waals surface area contributed by atoms with E-state index >= 15 is 0 Å². The molecule has 0 atom stereocenters. The Balaban J connectivity index is 2.70. The van der Waals surface area contributed by atoms with E-state index in [0.717, 1.165) is 0 Å². The Bertz CT molecular complexity index is 615. The molecule has 0 unspecified atom stereocenters. The van der Waals surface area contributed by atoms with Gasteiger partial charge in [-0.2, -0.15) is 0 Å². The van der Waals surface area contributed by atoms with Crippen molar-refractivity contribution < 1.29 is 14.3 Å². The fourth-order valence-electron chi connectivity index (χ4n) is 1.67. The van der Waals surface area contributed by atoms with Gasteiger partial charge in [-0.05, 0) is 18.2 Å². The summed E-state index contributed by atoms with van der Waals surface area (Å²) < 4.78 is 6.46. The number of hydrogen-bond acceptors (Lipinski definition) is 3. The van der Waals surface area contributed by atoms with Gasteiger partial charge in [0.1, 0.15) is 0 Å². The SMILES string of the molecule is CC(=O)Oc1cn(C(C)=O)c2ccc(Cl)cc12. The maximum absolute atomic E-state index is 11.4. The summed E-state index contributed by atoms with van der Waals surface area (Å²) in [6, 6.07) is 5.06.